The Morgan fingerprint density at radius 2 is 1.95 bits per heavy atom. The Labute approximate surface area is 126 Å². The monoisotopic (exact) mass is 341 g/mol. The molecule has 1 atom stereocenters. The highest BCUT2D eigenvalue weighted by molar-refractivity contribution is 7.92. The van der Waals surface area contributed by atoms with E-state index in [1.54, 1.807) is 0 Å². The van der Waals surface area contributed by atoms with E-state index in [0.717, 1.165) is 10.6 Å². The molecule has 1 rings (SSSR count). The van der Waals surface area contributed by atoms with Gasteiger partial charge in [0, 0.05) is 19.1 Å². The number of sulfonamides is 1. The average Bonchev–Trinajstić information content (AvgIpc) is 2.64. The molecule has 1 saturated heterocycles. The third kappa shape index (κ3) is 6.29. The van der Waals surface area contributed by atoms with E-state index in [1.807, 2.05) is 19.0 Å². The first-order chi connectivity index (χ1) is 9.51. The molecule has 1 aliphatic heterocycles. The van der Waals surface area contributed by atoms with Crippen molar-refractivity contribution in [3.63, 3.8) is 0 Å². The van der Waals surface area contributed by atoms with Crippen LogP contribution in [0.5, 0.6) is 0 Å². The molecule has 21 heavy (non-hydrogen) atoms. The highest BCUT2D eigenvalue weighted by Crippen LogP contribution is 2.19. The summed E-state index contributed by atoms with van der Waals surface area (Å²) in [6.45, 7) is 0.710. The highest BCUT2D eigenvalue weighted by Gasteiger charge is 2.37. The summed E-state index contributed by atoms with van der Waals surface area (Å²) in [6, 6.07) is -0.649. The summed E-state index contributed by atoms with van der Waals surface area (Å²) in [5, 5.41) is 2.62. The number of likely N-dealkylation sites (N-methyl/N-ethyl adjacent to an activating group) is 1. The minimum absolute atomic E-state index is 0.0358. The van der Waals surface area contributed by atoms with Crippen molar-refractivity contribution in [1.29, 1.82) is 0 Å². The second-order valence-corrected chi connectivity index (χ2v) is 9.68. The number of carbonyl (C=O) groups excluding carboxylic acids is 1. The molecule has 0 aromatic carbocycles. The summed E-state index contributed by atoms with van der Waals surface area (Å²) in [4.78, 5) is 13.7. The SMILES string of the molecule is CN(C)CCNC(=O)CN(C1CCS(=O)(=O)C1)S(C)(=O)=O. The van der Waals surface area contributed by atoms with E-state index in [0.29, 0.717) is 13.1 Å². The topological polar surface area (TPSA) is 104 Å². The Balaban J connectivity index is 2.66. The summed E-state index contributed by atoms with van der Waals surface area (Å²) in [5.74, 6) is -0.677. The molecule has 0 saturated carbocycles. The lowest BCUT2D eigenvalue weighted by atomic mass is 10.2. The quantitative estimate of drug-likeness (QED) is 0.581. The molecule has 0 aromatic rings. The van der Waals surface area contributed by atoms with Gasteiger partial charge in [0.25, 0.3) is 0 Å². The maximum Gasteiger partial charge on any atom is 0.235 e. The van der Waals surface area contributed by atoms with Crippen LogP contribution in [-0.2, 0) is 24.7 Å². The number of hydrogen-bond acceptors (Lipinski definition) is 6. The minimum atomic E-state index is -3.64. The molecule has 8 nitrogen and oxygen atoms in total. The van der Waals surface area contributed by atoms with Gasteiger partial charge in [0.1, 0.15) is 0 Å². The number of hydrogen-bond donors (Lipinski definition) is 1. The van der Waals surface area contributed by atoms with Gasteiger partial charge in [-0.15, -0.1) is 0 Å². The number of sulfone groups is 1. The predicted molar refractivity (Wildman–Crippen MR) is 80.2 cm³/mol. The largest absolute Gasteiger partial charge is 0.354 e. The van der Waals surface area contributed by atoms with Crippen molar-refractivity contribution >= 4 is 25.8 Å². The molecule has 0 aliphatic carbocycles. The molecule has 10 heteroatoms. The van der Waals surface area contributed by atoms with E-state index >= 15 is 0 Å². The maximum atomic E-state index is 11.8. The van der Waals surface area contributed by atoms with Gasteiger partial charge in [0.05, 0.1) is 24.3 Å². The van der Waals surface area contributed by atoms with Gasteiger partial charge < -0.3 is 10.2 Å². The van der Waals surface area contributed by atoms with E-state index in [-0.39, 0.29) is 24.5 Å². The van der Waals surface area contributed by atoms with Crippen LogP contribution in [0.2, 0.25) is 0 Å². The summed E-state index contributed by atoms with van der Waals surface area (Å²) in [6.07, 6.45) is 1.23. The second-order valence-electron chi connectivity index (χ2n) is 5.52. The van der Waals surface area contributed by atoms with Crippen molar-refractivity contribution < 1.29 is 21.6 Å². The average molecular weight is 341 g/mol. The van der Waals surface area contributed by atoms with Crippen molar-refractivity contribution in [2.75, 3.05) is 51.5 Å². The molecule has 1 fully saturated rings. The lowest BCUT2D eigenvalue weighted by molar-refractivity contribution is -0.121. The van der Waals surface area contributed by atoms with Crippen LogP contribution in [0.3, 0.4) is 0 Å². The maximum absolute atomic E-state index is 11.8. The first-order valence-corrected chi connectivity index (χ1v) is 10.3. The van der Waals surface area contributed by atoms with Crippen molar-refractivity contribution in [2.45, 2.75) is 12.5 Å². The van der Waals surface area contributed by atoms with Crippen molar-refractivity contribution in [1.82, 2.24) is 14.5 Å². The molecule has 1 aliphatic rings. The van der Waals surface area contributed by atoms with Crippen LogP contribution in [0.25, 0.3) is 0 Å². The summed E-state index contributed by atoms with van der Waals surface area (Å²) in [5.41, 5.74) is 0. The third-order valence-electron chi connectivity index (χ3n) is 3.22. The van der Waals surface area contributed by atoms with Gasteiger partial charge in [0.2, 0.25) is 15.9 Å². The Morgan fingerprint density at radius 1 is 1.33 bits per heavy atom. The van der Waals surface area contributed by atoms with E-state index in [4.69, 9.17) is 0 Å². The smallest absolute Gasteiger partial charge is 0.235 e. The Bertz CT molecular complexity index is 571. The van der Waals surface area contributed by atoms with E-state index in [1.165, 1.54) is 0 Å². The molecule has 0 radical (unpaired) electrons. The van der Waals surface area contributed by atoms with Crippen molar-refractivity contribution in [3.05, 3.63) is 0 Å². The summed E-state index contributed by atoms with van der Waals surface area (Å²) < 4.78 is 47.5. The van der Waals surface area contributed by atoms with Gasteiger partial charge >= 0.3 is 0 Å². The predicted octanol–water partition coefficient (Wildman–Crippen LogP) is -1.89. The zero-order valence-electron chi connectivity index (χ0n) is 12.6. The first kappa shape index (κ1) is 18.3. The van der Waals surface area contributed by atoms with Crippen molar-refractivity contribution in [3.8, 4) is 0 Å². The molecule has 1 unspecified atom stereocenters. The second kappa shape index (κ2) is 7.03. The molecule has 0 aromatic heterocycles. The first-order valence-electron chi connectivity index (χ1n) is 6.60. The number of amides is 1. The number of nitrogens with one attached hydrogen (secondary N) is 1. The third-order valence-corrected chi connectivity index (χ3v) is 6.25. The number of nitrogens with zero attached hydrogens (tertiary/aromatic N) is 2. The molecule has 0 spiro atoms. The van der Waals surface area contributed by atoms with Crippen LogP contribution in [0.15, 0.2) is 0 Å². The minimum Gasteiger partial charge on any atom is -0.354 e. The van der Waals surface area contributed by atoms with Crippen LogP contribution >= 0.6 is 0 Å². The normalized spacial score (nSPS) is 21.9. The van der Waals surface area contributed by atoms with Crippen molar-refractivity contribution in [2.24, 2.45) is 0 Å². The molecule has 124 valence electrons. The summed E-state index contributed by atoms with van der Waals surface area (Å²) >= 11 is 0. The van der Waals surface area contributed by atoms with Gasteiger partial charge in [-0.2, -0.15) is 4.31 Å². The van der Waals surface area contributed by atoms with Gasteiger partial charge in [-0.1, -0.05) is 0 Å². The van der Waals surface area contributed by atoms with Crippen LogP contribution < -0.4 is 5.32 Å². The lowest BCUT2D eigenvalue weighted by Gasteiger charge is -2.25. The Kier molecular flexibility index (Phi) is 6.14. The zero-order valence-corrected chi connectivity index (χ0v) is 14.2. The number of carbonyl (C=O) groups is 1. The lowest BCUT2D eigenvalue weighted by Crippen LogP contribution is -2.47. The van der Waals surface area contributed by atoms with Gasteiger partial charge in [-0.3, -0.25) is 4.79 Å². The molecule has 1 heterocycles. The molecular formula is C11H23N3O5S2. The molecule has 1 amide bonds. The fourth-order valence-corrected chi connectivity index (χ4v) is 5.03. The van der Waals surface area contributed by atoms with Gasteiger partial charge in [0.15, 0.2) is 9.84 Å². The Morgan fingerprint density at radius 3 is 2.38 bits per heavy atom. The number of rotatable bonds is 7. The van der Waals surface area contributed by atoms with Crippen LogP contribution in [0.1, 0.15) is 6.42 Å². The van der Waals surface area contributed by atoms with E-state index in [2.05, 4.69) is 5.32 Å². The van der Waals surface area contributed by atoms with Crippen LogP contribution in [0, 0.1) is 0 Å². The fourth-order valence-electron chi connectivity index (χ4n) is 2.14. The molecule has 0 bridgehead atoms. The van der Waals surface area contributed by atoms with Gasteiger partial charge in [-0.25, -0.2) is 16.8 Å². The van der Waals surface area contributed by atoms with E-state index in [9.17, 15) is 21.6 Å². The van der Waals surface area contributed by atoms with Crippen LogP contribution in [-0.4, -0.2) is 89.5 Å². The van der Waals surface area contributed by atoms with E-state index < -0.39 is 31.8 Å². The van der Waals surface area contributed by atoms with Gasteiger partial charge in [-0.05, 0) is 20.5 Å². The summed E-state index contributed by atoms with van der Waals surface area (Å²) in [7, 11) is -3.13. The standard InChI is InChI=1S/C11H23N3O5S2/c1-13(2)6-5-12-11(15)8-14(20(3,16)17)10-4-7-21(18,19)9-10/h10H,4-9H2,1-3H3,(H,12,15). The molecule has 1 N–H and O–H groups in total. The highest BCUT2D eigenvalue weighted by atomic mass is 32.2. The fraction of sp³-hybridized carbons (Fsp3) is 0.909. The molecular weight excluding hydrogens is 318 g/mol. The Hall–Kier alpha value is -0.710. The van der Waals surface area contributed by atoms with Crippen LogP contribution in [0.4, 0.5) is 0 Å². The zero-order chi connectivity index (χ0) is 16.3.